The van der Waals surface area contributed by atoms with Crippen molar-refractivity contribution < 1.29 is 18.0 Å². The molecule has 1 aromatic rings. The van der Waals surface area contributed by atoms with E-state index in [1.54, 1.807) is 24.3 Å². The van der Waals surface area contributed by atoms with Gasteiger partial charge < -0.3 is 10.6 Å². The van der Waals surface area contributed by atoms with Crippen LogP contribution in [-0.4, -0.2) is 37.6 Å². The van der Waals surface area contributed by atoms with E-state index >= 15 is 0 Å². The van der Waals surface area contributed by atoms with Crippen LogP contribution in [0.5, 0.6) is 0 Å². The third kappa shape index (κ3) is 26.5. The molecule has 0 saturated heterocycles. The molecule has 0 spiro atoms. The van der Waals surface area contributed by atoms with E-state index in [1.807, 2.05) is 6.92 Å². The molecule has 1 atom stereocenters. The van der Waals surface area contributed by atoms with E-state index in [4.69, 9.17) is 0 Å². The number of sulfone groups is 1. The zero-order valence-corrected chi connectivity index (χ0v) is 39.6. The van der Waals surface area contributed by atoms with Gasteiger partial charge in [-0.25, -0.2) is 8.42 Å². The highest BCUT2D eigenvalue weighted by Crippen LogP contribution is 2.36. The maximum absolute atomic E-state index is 14.1. The summed E-state index contributed by atoms with van der Waals surface area (Å²) in [6, 6.07) is 9.43. The molecule has 0 radical (unpaired) electrons. The second kappa shape index (κ2) is 36.3. The van der Waals surface area contributed by atoms with Crippen LogP contribution in [0.4, 0.5) is 0 Å². The van der Waals surface area contributed by atoms with Gasteiger partial charge in [0.15, 0.2) is 14.6 Å². The maximum atomic E-state index is 14.1. The minimum absolute atomic E-state index is 0.0574. The van der Waals surface area contributed by atoms with Gasteiger partial charge in [0, 0.05) is 25.4 Å². The lowest BCUT2D eigenvalue weighted by molar-refractivity contribution is -0.122. The Labute approximate surface area is 364 Å². The van der Waals surface area contributed by atoms with Crippen LogP contribution in [-0.2, 0) is 19.4 Å². The maximum Gasteiger partial charge on any atom is 0.220 e. The molecule has 0 aliphatic rings. The van der Waals surface area contributed by atoms with Gasteiger partial charge >= 0.3 is 0 Å². The van der Waals surface area contributed by atoms with Gasteiger partial charge in [0.2, 0.25) is 11.8 Å². The predicted octanol–water partition coefficient (Wildman–Crippen LogP) is 14.3. The van der Waals surface area contributed by atoms with Crippen LogP contribution >= 0.6 is 0 Å². The van der Waals surface area contributed by atoms with Crippen molar-refractivity contribution in [3.05, 3.63) is 29.8 Å². The van der Waals surface area contributed by atoms with Crippen molar-refractivity contribution in [2.45, 2.75) is 268 Å². The number of amides is 2. The zero-order chi connectivity index (χ0) is 43.3. The summed E-state index contributed by atoms with van der Waals surface area (Å²) in [5, 5.41) is 17.0. The molecule has 0 aromatic heterocycles. The molecular weight excluding hydrogens is 751 g/mol. The minimum Gasteiger partial charge on any atom is -0.356 e. The van der Waals surface area contributed by atoms with E-state index in [0.717, 1.165) is 56.9 Å². The standard InChI is InChI=1S/C51H91N3O4S/c1-5-8-11-14-17-18-19-25-33-44-53-49(55)36-30-26-32-43-51(45-52,59(57,58)48-40-38-46(4)39-41-48)42-31-24-20-23-29-37-50(56)54-47(34-27-21-15-12-9-6-2)35-28-22-16-13-10-7-3/h38-41,47H,5-37,42-44H2,1-4H3,(H,53,55)(H,54,56). The molecule has 1 rings (SSSR count). The number of carbonyl (C=O) groups excluding carboxylic acids is 2. The smallest absolute Gasteiger partial charge is 0.220 e. The Morgan fingerprint density at radius 1 is 0.559 bits per heavy atom. The molecule has 2 N–H and O–H groups in total. The van der Waals surface area contributed by atoms with E-state index in [2.05, 4.69) is 37.5 Å². The molecule has 0 saturated carbocycles. The quantitative estimate of drug-likeness (QED) is 0.0637. The minimum atomic E-state index is -3.90. The highest BCUT2D eigenvalue weighted by Gasteiger charge is 2.44. The Balaban J connectivity index is 2.55. The van der Waals surface area contributed by atoms with Gasteiger partial charge in [-0.15, -0.1) is 0 Å². The summed E-state index contributed by atoms with van der Waals surface area (Å²) in [4.78, 5) is 25.7. The Kier molecular flexibility index (Phi) is 33.6. The number of nitrogens with zero attached hydrogens (tertiary/aromatic N) is 1. The molecule has 0 aliphatic heterocycles. The average Bonchev–Trinajstić information content (AvgIpc) is 3.22. The number of hydrogen-bond donors (Lipinski definition) is 2. The van der Waals surface area contributed by atoms with Crippen LogP contribution in [0.2, 0.25) is 0 Å². The van der Waals surface area contributed by atoms with Crippen LogP contribution < -0.4 is 10.6 Å². The van der Waals surface area contributed by atoms with Crippen molar-refractivity contribution in [2.75, 3.05) is 6.54 Å². The fraction of sp³-hybridized carbons (Fsp3) is 0.824. The molecular formula is C51H91N3O4S. The largest absolute Gasteiger partial charge is 0.356 e. The molecule has 59 heavy (non-hydrogen) atoms. The van der Waals surface area contributed by atoms with Gasteiger partial charge in [-0.05, 0) is 64.0 Å². The van der Waals surface area contributed by atoms with E-state index in [0.29, 0.717) is 45.1 Å². The van der Waals surface area contributed by atoms with Crippen molar-refractivity contribution in [1.29, 1.82) is 5.26 Å². The van der Waals surface area contributed by atoms with Crippen molar-refractivity contribution in [3.63, 3.8) is 0 Å². The molecule has 0 fully saturated rings. The lowest BCUT2D eigenvalue weighted by atomic mass is 9.94. The van der Waals surface area contributed by atoms with Crippen molar-refractivity contribution in [3.8, 4) is 6.07 Å². The number of carbonyl (C=O) groups is 2. The lowest BCUT2D eigenvalue weighted by Crippen LogP contribution is -2.37. The highest BCUT2D eigenvalue weighted by molar-refractivity contribution is 7.93. The molecule has 8 heteroatoms. The topological polar surface area (TPSA) is 116 Å². The SMILES string of the molecule is CCCCCCCCCCCNC(=O)CCCCCC(C#N)(CCCCCCCC(=O)NC(CCCCCCCC)CCCCCCCC)S(=O)(=O)c1ccc(C)cc1. The van der Waals surface area contributed by atoms with Gasteiger partial charge in [-0.3, -0.25) is 9.59 Å². The summed E-state index contributed by atoms with van der Waals surface area (Å²) < 4.78 is 26.7. The van der Waals surface area contributed by atoms with E-state index < -0.39 is 14.6 Å². The first-order valence-electron chi connectivity index (χ1n) is 24.9. The van der Waals surface area contributed by atoms with Crippen LogP contribution in [0.1, 0.15) is 251 Å². The van der Waals surface area contributed by atoms with Gasteiger partial charge in [0.1, 0.15) is 0 Å². The molecule has 0 heterocycles. The Bertz CT molecular complexity index is 1310. The molecule has 340 valence electrons. The van der Waals surface area contributed by atoms with Gasteiger partial charge in [0.05, 0.1) is 11.0 Å². The van der Waals surface area contributed by atoms with Crippen LogP contribution in [0.3, 0.4) is 0 Å². The van der Waals surface area contributed by atoms with E-state index in [9.17, 15) is 23.3 Å². The molecule has 0 bridgehead atoms. The van der Waals surface area contributed by atoms with Gasteiger partial charge in [-0.2, -0.15) is 5.26 Å². The van der Waals surface area contributed by atoms with Crippen LogP contribution in [0, 0.1) is 18.3 Å². The first-order valence-corrected chi connectivity index (χ1v) is 26.4. The summed E-state index contributed by atoms with van der Waals surface area (Å²) in [7, 11) is -3.90. The fourth-order valence-corrected chi connectivity index (χ4v) is 10.2. The normalized spacial score (nSPS) is 12.7. The van der Waals surface area contributed by atoms with Gasteiger partial charge in [0.25, 0.3) is 0 Å². The number of unbranched alkanes of at least 4 members (excludes halogenated alkanes) is 24. The zero-order valence-electron chi connectivity index (χ0n) is 38.8. The Hall–Kier alpha value is -2.40. The lowest BCUT2D eigenvalue weighted by Gasteiger charge is -2.27. The molecule has 1 unspecified atom stereocenters. The molecule has 1 aromatic carbocycles. The highest BCUT2D eigenvalue weighted by atomic mass is 32.2. The van der Waals surface area contributed by atoms with Crippen LogP contribution in [0.25, 0.3) is 0 Å². The average molecular weight is 842 g/mol. The summed E-state index contributed by atoms with van der Waals surface area (Å²) in [6.07, 6.45) is 36.2. The third-order valence-electron chi connectivity index (χ3n) is 12.3. The number of hydrogen-bond acceptors (Lipinski definition) is 5. The van der Waals surface area contributed by atoms with Crippen molar-refractivity contribution >= 4 is 21.7 Å². The molecule has 7 nitrogen and oxygen atoms in total. The number of benzene rings is 1. The van der Waals surface area contributed by atoms with Crippen molar-refractivity contribution in [2.24, 2.45) is 0 Å². The number of rotatable bonds is 41. The monoisotopic (exact) mass is 842 g/mol. The second-order valence-electron chi connectivity index (χ2n) is 17.8. The first kappa shape index (κ1) is 54.6. The third-order valence-corrected chi connectivity index (χ3v) is 14.7. The molecule has 2 amide bonds. The Morgan fingerprint density at radius 2 is 0.949 bits per heavy atom. The summed E-state index contributed by atoms with van der Waals surface area (Å²) in [5.74, 6) is 0.220. The predicted molar refractivity (Wildman–Crippen MR) is 250 cm³/mol. The summed E-state index contributed by atoms with van der Waals surface area (Å²) in [5.41, 5.74) is 0.974. The Morgan fingerprint density at radius 3 is 1.42 bits per heavy atom. The number of nitriles is 1. The number of aryl methyl sites for hydroxylation is 1. The first-order chi connectivity index (χ1) is 28.7. The summed E-state index contributed by atoms with van der Waals surface area (Å²) in [6.45, 7) is 9.38. The second-order valence-corrected chi connectivity index (χ2v) is 20.1. The van der Waals surface area contributed by atoms with Crippen LogP contribution in [0.15, 0.2) is 29.2 Å². The van der Waals surface area contributed by atoms with Gasteiger partial charge in [-0.1, -0.05) is 205 Å². The van der Waals surface area contributed by atoms with E-state index in [-0.39, 0.29) is 35.6 Å². The summed E-state index contributed by atoms with van der Waals surface area (Å²) >= 11 is 0. The molecule has 0 aliphatic carbocycles. The fourth-order valence-electron chi connectivity index (χ4n) is 8.29. The van der Waals surface area contributed by atoms with Crippen molar-refractivity contribution in [1.82, 2.24) is 10.6 Å². The van der Waals surface area contributed by atoms with E-state index in [1.165, 1.54) is 122 Å². The number of nitrogens with one attached hydrogen (secondary N) is 2.